The average Bonchev–Trinajstić information content (AvgIpc) is 2.36. The van der Waals surface area contributed by atoms with Gasteiger partial charge in [-0.3, -0.25) is 4.98 Å². The van der Waals surface area contributed by atoms with Crippen LogP contribution in [-0.2, 0) is 10.0 Å². The number of alkyl halides is 4. The highest BCUT2D eigenvalue weighted by molar-refractivity contribution is 7.89. The van der Waals surface area contributed by atoms with Crippen molar-refractivity contribution in [1.29, 1.82) is 0 Å². The topological polar surface area (TPSA) is 85.1 Å². The van der Waals surface area contributed by atoms with Gasteiger partial charge in [-0.05, 0) is 12.1 Å². The smallest absolute Gasteiger partial charge is 0.320 e. The fourth-order valence-corrected chi connectivity index (χ4v) is 2.15. The van der Waals surface area contributed by atoms with Crippen molar-refractivity contribution in [2.24, 2.45) is 5.73 Å². The van der Waals surface area contributed by atoms with Crippen molar-refractivity contribution < 1.29 is 26.0 Å². The Morgan fingerprint density at radius 3 is 2.45 bits per heavy atom. The number of nitrogens with one attached hydrogen (secondary N) is 1. The Bertz CT molecular complexity index is 590. The molecule has 1 rings (SSSR count). The van der Waals surface area contributed by atoms with Gasteiger partial charge in [0.05, 0.1) is 12.2 Å². The van der Waals surface area contributed by atoms with E-state index < -0.39 is 33.8 Å². The molecule has 1 heterocycles. The maximum atomic E-state index is 12.6. The summed E-state index contributed by atoms with van der Waals surface area (Å²) < 4.78 is 73.6. The molecule has 112 valence electrons. The molecule has 0 unspecified atom stereocenters. The zero-order chi connectivity index (χ0) is 15.6. The first-order valence-corrected chi connectivity index (χ1v) is 6.87. The molecule has 0 spiro atoms. The summed E-state index contributed by atoms with van der Waals surface area (Å²) in [5, 5.41) is 0. The molecule has 20 heavy (non-hydrogen) atoms. The van der Waals surface area contributed by atoms with E-state index in [0.29, 0.717) is 0 Å². The highest BCUT2D eigenvalue weighted by Crippen LogP contribution is 2.22. The second-order valence-corrected chi connectivity index (χ2v) is 5.84. The minimum absolute atomic E-state index is 0.0776. The van der Waals surface area contributed by atoms with Gasteiger partial charge in [0, 0.05) is 6.20 Å². The fourth-order valence-electron chi connectivity index (χ4n) is 1.04. The summed E-state index contributed by atoms with van der Waals surface area (Å²) in [5.74, 6) is -4.46. The summed E-state index contributed by atoms with van der Waals surface area (Å²) in [7, 11) is -4.38. The molecule has 3 N–H and O–H groups in total. The van der Waals surface area contributed by atoms with E-state index >= 15 is 0 Å². The number of halogens is 4. The predicted molar refractivity (Wildman–Crippen MR) is 66.3 cm³/mol. The Labute approximate surface area is 117 Å². The molecular formula is C9H9F4N3O2S2. The number of thiocarbonyl (C=S) groups is 1. The van der Waals surface area contributed by atoms with Crippen LogP contribution in [0.1, 0.15) is 5.69 Å². The van der Waals surface area contributed by atoms with Gasteiger partial charge >= 0.3 is 12.3 Å². The molecule has 0 aromatic carbocycles. The molecule has 0 atom stereocenters. The first-order valence-electron chi connectivity index (χ1n) is 4.98. The van der Waals surface area contributed by atoms with Crippen molar-refractivity contribution in [2.45, 2.75) is 17.2 Å². The van der Waals surface area contributed by atoms with Crippen LogP contribution in [0.4, 0.5) is 17.6 Å². The van der Waals surface area contributed by atoms with Crippen LogP contribution in [0, 0.1) is 0 Å². The maximum Gasteiger partial charge on any atom is 0.320 e. The minimum Gasteiger partial charge on any atom is -0.388 e. The zero-order valence-electron chi connectivity index (χ0n) is 9.69. The molecule has 0 fully saturated rings. The van der Waals surface area contributed by atoms with Gasteiger partial charge in [0.25, 0.3) is 0 Å². The molecule has 0 saturated carbocycles. The normalized spacial score (nSPS) is 12.7. The van der Waals surface area contributed by atoms with Crippen molar-refractivity contribution >= 4 is 27.2 Å². The first-order chi connectivity index (χ1) is 9.06. The lowest BCUT2D eigenvalue weighted by Gasteiger charge is -2.15. The van der Waals surface area contributed by atoms with E-state index in [2.05, 4.69) is 17.2 Å². The number of hydrogen-bond acceptors (Lipinski definition) is 4. The summed E-state index contributed by atoms with van der Waals surface area (Å²) in [4.78, 5) is 3.06. The Hall–Kier alpha value is -1.33. The van der Waals surface area contributed by atoms with Crippen molar-refractivity contribution in [1.82, 2.24) is 9.71 Å². The largest absolute Gasteiger partial charge is 0.388 e. The second-order valence-electron chi connectivity index (χ2n) is 3.63. The second kappa shape index (κ2) is 5.97. The van der Waals surface area contributed by atoms with Gasteiger partial charge in [-0.2, -0.15) is 8.78 Å². The number of rotatable bonds is 6. The molecule has 1 aromatic rings. The van der Waals surface area contributed by atoms with Crippen molar-refractivity contribution in [3.63, 3.8) is 0 Å². The van der Waals surface area contributed by atoms with Gasteiger partial charge in [0.2, 0.25) is 10.0 Å². The zero-order valence-corrected chi connectivity index (χ0v) is 11.3. The number of aromatic nitrogens is 1. The van der Waals surface area contributed by atoms with Crippen LogP contribution < -0.4 is 10.5 Å². The molecule has 0 amide bonds. The third-order valence-corrected chi connectivity index (χ3v) is 3.71. The van der Waals surface area contributed by atoms with E-state index in [4.69, 9.17) is 5.73 Å². The third-order valence-electron chi connectivity index (χ3n) is 2.12. The van der Waals surface area contributed by atoms with Gasteiger partial charge in [-0.25, -0.2) is 21.9 Å². The van der Waals surface area contributed by atoms with Crippen molar-refractivity contribution in [3.05, 3.63) is 24.0 Å². The van der Waals surface area contributed by atoms with E-state index in [0.717, 1.165) is 12.3 Å². The Kier molecular flexibility index (Phi) is 5.00. The number of hydrogen-bond donors (Lipinski definition) is 2. The molecule has 11 heteroatoms. The molecule has 0 aliphatic carbocycles. The molecule has 0 bridgehead atoms. The van der Waals surface area contributed by atoms with Crippen LogP contribution >= 0.6 is 12.2 Å². The minimum atomic E-state index is -4.46. The number of sulfonamides is 1. The number of nitrogens with zero attached hydrogens (tertiary/aromatic N) is 1. The first kappa shape index (κ1) is 16.7. The number of nitrogens with two attached hydrogens (primary N) is 1. The van der Waals surface area contributed by atoms with E-state index in [1.165, 1.54) is 10.8 Å². The van der Waals surface area contributed by atoms with Crippen LogP contribution in [0.25, 0.3) is 0 Å². The lowest BCUT2D eigenvalue weighted by atomic mass is 10.3. The van der Waals surface area contributed by atoms with Crippen LogP contribution in [-0.4, -0.2) is 37.3 Å². The van der Waals surface area contributed by atoms with Crippen molar-refractivity contribution in [3.8, 4) is 0 Å². The van der Waals surface area contributed by atoms with Gasteiger partial charge < -0.3 is 5.73 Å². The highest BCUT2D eigenvalue weighted by atomic mass is 32.2. The average molecular weight is 331 g/mol. The summed E-state index contributed by atoms with van der Waals surface area (Å²) in [6.07, 6.45) is -3.14. The predicted octanol–water partition coefficient (Wildman–Crippen LogP) is 0.895. The van der Waals surface area contributed by atoms with E-state index in [1.807, 2.05) is 0 Å². The molecule has 0 saturated heterocycles. The quantitative estimate of drug-likeness (QED) is 0.597. The summed E-state index contributed by atoms with van der Waals surface area (Å²) in [6.45, 7) is -1.72. The van der Waals surface area contributed by atoms with Gasteiger partial charge in [0.1, 0.15) is 9.88 Å². The SMILES string of the molecule is NC(=S)c1ccc(S(=O)(=O)NCC(F)(F)C(F)F)cn1. The molecule has 0 aliphatic heterocycles. The molecule has 0 aliphatic rings. The summed E-state index contributed by atoms with van der Waals surface area (Å²) >= 11 is 4.60. The summed E-state index contributed by atoms with van der Waals surface area (Å²) in [5.41, 5.74) is 5.38. The Morgan fingerprint density at radius 2 is 2.05 bits per heavy atom. The summed E-state index contributed by atoms with van der Waals surface area (Å²) in [6, 6.07) is 2.19. The van der Waals surface area contributed by atoms with E-state index in [-0.39, 0.29) is 10.7 Å². The van der Waals surface area contributed by atoms with Crippen LogP contribution in [0.15, 0.2) is 23.2 Å². The van der Waals surface area contributed by atoms with Crippen molar-refractivity contribution in [2.75, 3.05) is 6.54 Å². The molecule has 1 aromatic heterocycles. The van der Waals surface area contributed by atoms with E-state index in [9.17, 15) is 26.0 Å². The van der Waals surface area contributed by atoms with E-state index in [1.54, 1.807) is 0 Å². The van der Waals surface area contributed by atoms with Gasteiger partial charge in [0.15, 0.2) is 0 Å². The Balaban J connectivity index is 2.87. The van der Waals surface area contributed by atoms with Crippen LogP contribution in [0.5, 0.6) is 0 Å². The number of pyridine rings is 1. The lowest BCUT2D eigenvalue weighted by Crippen LogP contribution is -2.41. The van der Waals surface area contributed by atoms with Gasteiger partial charge in [-0.15, -0.1) is 0 Å². The standard InChI is InChI=1S/C9H9F4N3O2S2/c10-8(11)9(12,13)4-16-20(17,18)5-1-2-6(7(14)19)15-3-5/h1-3,8,16H,4H2,(H2,14,19). The Morgan fingerprint density at radius 1 is 1.45 bits per heavy atom. The fraction of sp³-hybridized carbons (Fsp3) is 0.333. The monoisotopic (exact) mass is 331 g/mol. The van der Waals surface area contributed by atoms with Crippen LogP contribution in [0.2, 0.25) is 0 Å². The van der Waals surface area contributed by atoms with Gasteiger partial charge in [-0.1, -0.05) is 12.2 Å². The lowest BCUT2D eigenvalue weighted by molar-refractivity contribution is -0.122. The van der Waals surface area contributed by atoms with Crippen LogP contribution in [0.3, 0.4) is 0 Å². The highest BCUT2D eigenvalue weighted by Gasteiger charge is 2.41. The molecule has 0 radical (unpaired) electrons. The maximum absolute atomic E-state index is 12.6. The molecular weight excluding hydrogens is 322 g/mol. The molecule has 5 nitrogen and oxygen atoms in total. The third kappa shape index (κ3) is 4.08.